The molecule has 324 valence electrons. The lowest BCUT2D eigenvalue weighted by molar-refractivity contribution is 0.150. The maximum atomic E-state index is 7.60. The fourth-order valence-corrected chi connectivity index (χ4v) is 14.4. The number of hydrogen-bond acceptors (Lipinski definition) is 6. The van der Waals surface area contributed by atoms with Crippen LogP contribution in [0.3, 0.4) is 0 Å². The topological polar surface area (TPSA) is 31.4 Å². The fraction of sp³-hybridized carbons (Fsp3) is 0.158. The molecule has 0 N–H and O–H groups in total. The molecule has 0 amide bonds. The van der Waals surface area contributed by atoms with Gasteiger partial charge in [-0.3, -0.25) is 0 Å². The van der Waals surface area contributed by atoms with E-state index >= 15 is 0 Å². The van der Waals surface area contributed by atoms with E-state index in [1.807, 2.05) is 0 Å². The largest absolute Gasteiger partial charge is 0.319 e. The fourth-order valence-electron chi connectivity index (χ4n) is 9.50. The van der Waals surface area contributed by atoms with Gasteiger partial charge in [0.05, 0.1) is 36.4 Å². The van der Waals surface area contributed by atoms with E-state index in [-0.39, 0.29) is 36.4 Å². The van der Waals surface area contributed by atoms with Gasteiger partial charge in [0.15, 0.2) is 0 Å². The summed E-state index contributed by atoms with van der Waals surface area (Å²) in [6, 6.07) is 87.0. The van der Waals surface area contributed by atoms with Crippen LogP contribution >= 0.6 is 16.9 Å². The third kappa shape index (κ3) is 8.93. The molecule has 2 aliphatic heterocycles. The molecule has 2 saturated heterocycles. The van der Waals surface area contributed by atoms with Crippen LogP contribution in [-0.2, 0) is 9.05 Å². The molecule has 0 bridgehead atoms. The summed E-state index contributed by atoms with van der Waals surface area (Å²) in [5.74, 6) is 0. The minimum Gasteiger partial charge on any atom is -0.319 e. The summed E-state index contributed by atoms with van der Waals surface area (Å²) in [6.07, 6.45) is 0.358. The Morgan fingerprint density at radius 2 is 0.492 bits per heavy atom. The molecule has 0 aliphatic carbocycles. The van der Waals surface area contributed by atoms with Crippen LogP contribution in [0, 0.1) is 0 Å². The molecule has 8 heteroatoms. The van der Waals surface area contributed by atoms with Gasteiger partial charge in [0, 0.05) is 29.2 Å². The van der Waals surface area contributed by atoms with Gasteiger partial charge in [-0.05, 0) is 84.6 Å². The molecule has 2 aliphatic rings. The zero-order valence-corrected chi connectivity index (χ0v) is 38.6. The first-order valence-corrected chi connectivity index (χ1v) is 25.0. The minimum absolute atomic E-state index is 0.0289. The minimum atomic E-state index is -1.41. The van der Waals surface area contributed by atoms with Crippen molar-refractivity contribution >= 4 is 39.6 Å². The smallest absolute Gasteiger partial charge is 0.250 e. The molecule has 0 radical (unpaired) electrons. The summed E-state index contributed by atoms with van der Waals surface area (Å²) in [5.41, 5.74) is 9.52. The van der Waals surface area contributed by atoms with E-state index in [1.54, 1.807) is 0 Å². The normalized spacial score (nSPS) is 20.0. The molecule has 0 aromatic heterocycles. The Labute approximate surface area is 387 Å². The summed E-state index contributed by atoms with van der Waals surface area (Å²) in [7, 11) is -2.81. The maximum absolute atomic E-state index is 7.60. The molecule has 6 nitrogen and oxygen atoms in total. The van der Waals surface area contributed by atoms with E-state index in [0.717, 1.165) is 22.7 Å². The lowest BCUT2D eigenvalue weighted by Crippen LogP contribution is -2.26. The van der Waals surface area contributed by atoms with Gasteiger partial charge in [0.2, 0.25) is 16.9 Å². The van der Waals surface area contributed by atoms with E-state index in [4.69, 9.17) is 9.05 Å². The van der Waals surface area contributed by atoms with Gasteiger partial charge in [0.1, 0.15) is 0 Å². The summed E-state index contributed by atoms with van der Waals surface area (Å²) in [6.45, 7) is 4.46. The highest BCUT2D eigenvalue weighted by atomic mass is 31.2. The number of hydrogen-bond donors (Lipinski definition) is 0. The highest BCUT2D eigenvalue weighted by Crippen LogP contribution is 2.69. The van der Waals surface area contributed by atoms with Gasteiger partial charge in [-0.2, -0.15) is 0 Å². The average Bonchev–Trinajstić information content (AvgIpc) is 3.89. The lowest BCUT2D eigenvalue weighted by Gasteiger charge is -2.36. The van der Waals surface area contributed by atoms with Crippen LogP contribution in [0.2, 0.25) is 0 Å². The van der Waals surface area contributed by atoms with Crippen molar-refractivity contribution in [1.29, 1.82) is 0 Å². The van der Waals surface area contributed by atoms with Crippen LogP contribution in [0.1, 0.15) is 66.7 Å². The monoisotopic (exact) mass is 888 g/mol. The highest BCUT2D eigenvalue weighted by molar-refractivity contribution is 7.57. The Morgan fingerprint density at radius 3 is 0.692 bits per heavy atom. The second kappa shape index (κ2) is 19.9. The SMILES string of the molecule is C[C@@H](C[C@H](C)OP1N(c2ccccc2)[C@H](c2ccccc2)[C@@H](c2ccccc2)N1c1ccccc1)OP1N(c2ccccc2)[C@H](c2ccccc2)[C@@H](c2ccccc2)N1c1ccccc1. The molecule has 8 aromatic carbocycles. The number of nitrogens with zero attached hydrogens (tertiary/aromatic N) is 4. The van der Waals surface area contributed by atoms with Crippen molar-refractivity contribution in [2.75, 3.05) is 18.7 Å². The van der Waals surface area contributed by atoms with Crippen LogP contribution in [0.25, 0.3) is 0 Å². The van der Waals surface area contributed by atoms with E-state index in [1.165, 1.54) is 22.3 Å². The summed E-state index contributed by atoms with van der Waals surface area (Å²) in [4.78, 5) is 0. The molecule has 2 heterocycles. The third-order valence-electron chi connectivity index (χ3n) is 12.2. The molecule has 0 saturated carbocycles. The zero-order chi connectivity index (χ0) is 44.0. The Morgan fingerprint density at radius 1 is 0.308 bits per heavy atom. The molecular weight excluding hydrogens is 835 g/mol. The molecule has 8 aromatic rings. The van der Waals surface area contributed by atoms with Crippen LogP contribution < -0.4 is 18.7 Å². The van der Waals surface area contributed by atoms with Crippen LogP contribution in [0.5, 0.6) is 0 Å². The van der Waals surface area contributed by atoms with Crippen LogP contribution in [-0.4, -0.2) is 12.2 Å². The summed E-state index contributed by atoms with van der Waals surface area (Å²) in [5, 5.41) is 0. The van der Waals surface area contributed by atoms with Crippen molar-refractivity contribution in [3.63, 3.8) is 0 Å². The molecule has 10 rings (SSSR count). The van der Waals surface area contributed by atoms with E-state index in [9.17, 15) is 0 Å². The highest BCUT2D eigenvalue weighted by Gasteiger charge is 2.53. The summed E-state index contributed by atoms with van der Waals surface area (Å²) >= 11 is 0. The standard InChI is InChI=1S/C57H54N4O2P2/c1-44(62-64-58(50-35-19-7-20-36-50)54(46-27-11-3-12-28-46)55(47-29-13-4-14-30-47)59(64)51-37-21-8-22-38-51)43-45(2)63-65-60(52-39-23-9-24-40-52)56(48-31-15-5-16-32-48)57(49-33-17-6-18-34-49)61(65)53-41-25-10-26-42-53/h3-42,44-45,54-57H,43H2,1-2H3/t44-,45-,54+,55+,56+,57+/m0/s1. The number of benzene rings is 8. The van der Waals surface area contributed by atoms with Crippen molar-refractivity contribution in [2.24, 2.45) is 0 Å². The molecular formula is C57H54N4O2P2. The molecule has 0 spiro atoms. The van der Waals surface area contributed by atoms with Crippen LogP contribution in [0.15, 0.2) is 243 Å². The van der Waals surface area contributed by atoms with Crippen molar-refractivity contribution in [3.8, 4) is 0 Å². The number of rotatable bonds is 14. The van der Waals surface area contributed by atoms with Gasteiger partial charge in [-0.15, -0.1) is 0 Å². The predicted molar refractivity (Wildman–Crippen MR) is 272 cm³/mol. The Bertz CT molecular complexity index is 2310. The predicted octanol–water partition coefficient (Wildman–Crippen LogP) is 15.7. The number of anilines is 4. The Balaban J connectivity index is 1.04. The van der Waals surface area contributed by atoms with Crippen molar-refractivity contribution in [2.45, 2.75) is 56.6 Å². The quantitative estimate of drug-likeness (QED) is 0.101. The third-order valence-corrected chi connectivity index (χ3v) is 16.7. The second-order valence-electron chi connectivity index (χ2n) is 16.7. The average molecular weight is 889 g/mol. The molecule has 65 heavy (non-hydrogen) atoms. The molecule has 6 atom stereocenters. The van der Waals surface area contributed by atoms with Gasteiger partial charge < -0.3 is 27.7 Å². The van der Waals surface area contributed by atoms with E-state index in [0.29, 0.717) is 6.42 Å². The first-order valence-electron chi connectivity index (χ1n) is 22.6. The van der Waals surface area contributed by atoms with Crippen LogP contribution in [0.4, 0.5) is 22.7 Å². The van der Waals surface area contributed by atoms with E-state index < -0.39 is 16.9 Å². The number of para-hydroxylation sites is 4. The first kappa shape index (κ1) is 42.7. The molecule has 0 unspecified atom stereocenters. The van der Waals surface area contributed by atoms with Gasteiger partial charge in [0.25, 0.3) is 0 Å². The van der Waals surface area contributed by atoms with E-state index in [2.05, 4.69) is 275 Å². The summed E-state index contributed by atoms with van der Waals surface area (Å²) < 4.78 is 25.4. The van der Waals surface area contributed by atoms with Crippen molar-refractivity contribution in [1.82, 2.24) is 0 Å². The maximum Gasteiger partial charge on any atom is 0.250 e. The van der Waals surface area contributed by atoms with Crippen molar-refractivity contribution in [3.05, 3.63) is 265 Å². The zero-order valence-electron chi connectivity index (χ0n) is 36.8. The second-order valence-corrected chi connectivity index (χ2v) is 19.9. The molecule has 2 fully saturated rings. The van der Waals surface area contributed by atoms with Gasteiger partial charge in [-0.25, -0.2) is 0 Å². The Hall–Kier alpha value is -6.26. The van der Waals surface area contributed by atoms with Gasteiger partial charge >= 0.3 is 0 Å². The lowest BCUT2D eigenvalue weighted by atomic mass is 9.92. The first-order chi connectivity index (χ1) is 32.1. The Kier molecular flexibility index (Phi) is 13.0. The van der Waals surface area contributed by atoms with Crippen molar-refractivity contribution < 1.29 is 9.05 Å². The van der Waals surface area contributed by atoms with Gasteiger partial charge in [-0.1, -0.05) is 194 Å².